The van der Waals surface area contributed by atoms with E-state index in [9.17, 15) is 4.79 Å². The molecule has 20 heavy (non-hydrogen) atoms. The number of aromatic nitrogens is 2. The van der Waals surface area contributed by atoms with Gasteiger partial charge in [0.25, 0.3) is 0 Å². The molecule has 0 atom stereocenters. The Morgan fingerprint density at radius 3 is 2.80 bits per heavy atom. The molecule has 1 aromatic heterocycles. The Balaban J connectivity index is 1.51. The highest BCUT2D eigenvalue weighted by Crippen LogP contribution is 2.38. The fraction of sp³-hybridized carbons (Fsp3) is 0.333. The normalized spacial score (nSPS) is 21.2. The van der Waals surface area contributed by atoms with E-state index in [2.05, 4.69) is 34.7 Å². The molecule has 5 heteroatoms. The number of rotatable bonds is 5. The van der Waals surface area contributed by atoms with Crippen molar-refractivity contribution in [2.24, 2.45) is 5.73 Å². The van der Waals surface area contributed by atoms with Crippen LogP contribution in [0.4, 0.5) is 5.69 Å². The number of anilines is 1. The molecule has 1 heterocycles. The van der Waals surface area contributed by atoms with Crippen molar-refractivity contribution < 1.29 is 4.79 Å². The first-order valence-corrected chi connectivity index (χ1v) is 6.83. The molecule has 0 unspecified atom stereocenters. The molecule has 2 aromatic rings. The van der Waals surface area contributed by atoms with E-state index in [4.69, 9.17) is 5.73 Å². The molecule has 0 spiro atoms. The van der Waals surface area contributed by atoms with Gasteiger partial charge in [0.1, 0.15) is 6.54 Å². The Labute approximate surface area is 117 Å². The lowest BCUT2D eigenvalue weighted by molar-refractivity contribution is -0.118. The summed E-state index contributed by atoms with van der Waals surface area (Å²) in [7, 11) is 0. The Morgan fingerprint density at radius 1 is 1.35 bits per heavy atom. The minimum Gasteiger partial charge on any atom is -0.380 e. The summed E-state index contributed by atoms with van der Waals surface area (Å²) < 4.78 is 1.55. The number of hydrogen-bond acceptors (Lipinski definition) is 3. The molecule has 104 valence electrons. The van der Waals surface area contributed by atoms with Gasteiger partial charge in [0.2, 0.25) is 5.91 Å². The molecular weight excluding hydrogens is 252 g/mol. The Hall–Kier alpha value is -2.30. The van der Waals surface area contributed by atoms with Gasteiger partial charge in [-0.1, -0.05) is 30.3 Å². The van der Waals surface area contributed by atoms with Gasteiger partial charge in [0, 0.05) is 12.2 Å². The zero-order chi connectivity index (χ0) is 13.9. The first-order valence-electron chi connectivity index (χ1n) is 6.83. The number of nitrogens with one attached hydrogen (secondary N) is 1. The predicted molar refractivity (Wildman–Crippen MR) is 77.2 cm³/mol. The molecule has 1 saturated carbocycles. The standard InChI is InChI=1S/C15H18N4O/c16-15(20)10-19-9-14(8-17-19)18-13-6-12(7-13)11-4-2-1-3-5-11/h1-5,8-9,12-13,18H,6-7,10H2,(H2,16,20). The number of nitrogens with two attached hydrogens (primary N) is 1. The van der Waals surface area contributed by atoms with Crippen LogP contribution in [0, 0.1) is 0 Å². The van der Waals surface area contributed by atoms with Crippen LogP contribution in [0.2, 0.25) is 0 Å². The van der Waals surface area contributed by atoms with Crippen molar-refractivity contribution in [2.45, 2.75) is 31.3 Å². The highest BCUT2D eigenvalue weighted by molar-refractivity contribution is 5.73. The van der Waals surface area contributed by atoms with Crippen LogP contribution in [-0.4, -0.2) is 21.7 Å². The third-order valence-corrected chi connectivity index (χ3v) is 3.73. The van der Waals surface area contributed by atoms with Gasteiger partial charge < -0.3 is 11.1 Å². The lowest BCUT2D eigenvalue weighted by Crippen LogP contribution is -2.33. The molecule has 0 saturated heterocycles. The Bertz CT molecular complexity index is 587. The molecule has 0 aliphatic heterocycles. The molecule has 1 aromatic carbocycles. The molecule has 3 N–H and O–H groups in total. The SMILES string of the molecule is NC(=O)Cn1cc(NC2CC(c3ccccc3)C2)cn1. The van der Waals surface area contributed by atoms with Crippen molar-refractivity contribution in [3.05, 3.63) is 48.3 Å². The van der Waals surface area contributed by atoms with Gasteiger partial charge in [-0.25, -0.2) is 0 Å². The average Bonchev–Trinajstić information content (AvgIpc) is 2.81. The van der Waals surface area contributed by atoms with Crippen molar-refractivity contribution in [3.63, 3.8) is 0 Å². The molecule has 5 nitrogen and oxygen atoms in total. The molecule has 1 aliphatic carbocycles. The summed E-state index contributed by atoms with van der Waals surface area (Å²) in [6.45, 7) is 0.124. The number of primary amides is 1. The van der Waals surface area contributed by atoms with E-state index in [0.717, 1.165) is 18.5 Å². The van der Waals surface area contributed by atoms with E-state index in [-0.39, 0.29) is 12.5 Å². The van der Waals surface area contributed by atoms with Gasteiger partial charge in [0.05, 0.1) is 11.9 Å². The highest BCUT2D eigenvalue weighted by atomic mass is 16.1. The minimum absolute atomic E-state index is 0.124. The molecule has 3 rings (SSSR count). The first-order chi connectivity index (χ1) is 9.70. The van der Waals surface area contributed by atoms with E-state index < -0.39 is 0 Å². The largest absolute Gasteiger partial charge is 0.380 e. The number of amides is 1. The predicted octanol–water partition coefficient (Wildman–Crippen LogP) is 1.73. The van der Waals surface area contributed by atoms with Crippen LogP contribution < -0.4 is 11.1 Å². The van der Waals surface area contributed by atoms with E-state index >= 15 is 0 Å². The minimum atomic E-state index is -0.382. The van der Waals surface area contributed by atoms with Gasteiger partial charge in [0.15, 0.2) is 0 Å². The van der Waals surface area contributed by atoms with Crippen molar-refractivity contribution >= 4 is 11.6 Å². The monoisotopic (exact) mass is 270 g/mol. The van der Waals surface area contributed by atoms with E-state index in [1.54, 1.807) is 10.9 Å². The lowest BCUT2D eigenvalue weighted by atomic mass is 9.76. The number of hydrogen-bond donors (Lipinski definition) is 2. The molecular formula is C15H18N4O. The second kappa shape index (κ2) is 5.36. The van der Waals surface area contributed by atoms with Gasteiger partial charge in [-0.2, -0.15) is 5.10 Å². The average molecular weight is 270 g/mol. The second-order valence-electron chi connectivity index (χ2n) is 5.31. The Morgan fingerprint density at radius 2 is 2.10 bits per heavy atom. The van der Waals surface area contributed by atoms with Crippen LogP contribution in [0.3, 0.4) is 0 Å². The van der Waals surface area contributed by atoms with Crippen molar-refractivity contribution in [1.29, 1.82) is 0 Å². The number of nitrogens with zero attached hydrogens (tertiary/aromatic N) is 2. The van der Waals surface area contributed by atoms with Crippen LogP contribution in [0.15, 0.2) is 42.7 Å². The van der Waals surface area contributed by atoms with Crippen LogP contribution in [-0.2, 0) is 11.3 Å². The maximum atomic E-state index is 10.8. The van der Waals surface area contributed by atoms with Crippen LogP contribution in [0.1, 0.15) is 24.3 Å². The van der Waals surface area contributed by atoms with Crippen molar-refractivity contribution in [1.82, 2.24) is 9.78 Å². The molecule has 0 radical (unpaired) electrons. The molecule has 0 bridgehead atoms. The summed E-state index contributed by atoms with van der Waals surface area (Å²) in [5.74, 6) is 0.266. The van der Waals surface area contributed by atoms with Gasteiger partial charge >= 0.3 is 0 Å². The number of benzene rings is 1. The molecule has 1 amide bonds. The van der Waals surface area contributed by atoms with Crippen molar-refractivity contribution in [2.75, 3.05) is 5.32 Å². The van der Waals surface area contributed by atoms with Crippen LogP contribution in [0.5, 0.6) is 0 Å². The fourth-order valence-corrected chi connectivity index (χ4v) is 2.65. The lowest BCUT2D eigenvalue weighted by Gasteiger charge is -2.36. The van der Waals surface area contributed by atoms with E-state index in [1.807, 2.05) is 12.3 Å². The zero-order valence-corrected chi connectivity index (χ0v) is 11.2. The van der Waals surface area contributed by atoms with Crippen LogP contribution in [0.25, 0.3) is 0 Å². The maximum absolute atomic E-state index is 10.8. The quantitative estimate of drug-likeness (QED) is 0.869. The summed E-state index contributed by atoms with van der Waals surface area (Å²) in [6.07, 6.45) is 5.81. The summed E-state index contributed by atoms with van der Waals surface area (Å²) in [5.41, 5.74) is 7.49. The first kappa shape index (κ1) is 12.7. The topological polar surface area (TPSA) is 72.9 Å². The van der Waals surface area contributed by atoms with Gasteiger partial charge in [-0.15, -0.1) is 0 Å². The summed E-state index contributed by atoms with van der Waals surface area (Å²) in [5, 5.41) is 7.53. The van der Waals surface area contributed by atoms with Crippen molar-refractivity contribution in [3.8, 4) is 0 Å². The molecule has 1 aliphatic rings. The van der Waals surface area contributed by atoms with Gasteiger partial charge in [-0.3, -0.25) is 9.48 Å². The fourth-order valence-electron chi connectivity index (χ4n) is 2.65. The summed E-state index contributed by atoms with van der Waals surface area (Å²) in [6, 6.07) is 11.1. The maximum Gasteiger partial charge on any atom is 0.239 e. The van der Waals surface area contributed by atoms with E-state index in [1.165, 1.54) is 5.56 Å². The zero-order valence-electron chi connectivity index (χ0n) is 11.2. The van der Waals surface area contributed by atoms with Crippen LogP contribution >= 0.6 is 0 Å². The smallest absolute Gasteiger partial charge is 0.239 e. The Kier molecular flexibility index (Phi) is 3.41. The third kappa shape index (κ3) is 2.82. The summed E-state index contributed by atoms with van der Waals surface area (Å²) in [4.78, 5) is 10.8. The number of carbonyl (C=O) groups is 1. The van der Waals surface area contributed by atoms with E-state index in [0.29, 0.717) is 12.0 Å². The highest BCUT2D eigenvalue weighted by Gasteiger charge is 2.30. The third-order valence-electron chi connectivity index (χ3n) is 3.73. The summed E-state index contributed by atoms with van der Waals surface area (Å²) >= 11 is 0. The second-order valence-corrected chi connectivity index (χ2v) is 5.31. The number of carbonyl (C=O) groups excluding carboxylic acids is 1. The van der Waals surface area contributed by atoms with Gasteiger partial charge in [-0.05, 0) is 24.3 Å². The molecule has 1 fully saturated rings.